The van der Waals surface area contributed by atoms with Crippen molar-refractivity contribution in [3.63, 3.8) is 0 Å². The quantitative estimate of drug-likeness (QED) is 0.422. The van der Waals surface area contributed by atoms with E-state index in [0.717, 1.165) is 16.7 Å². The molecule has 8 heteroatoms. The Morgan fingerprint density at radius 2 is 1.82 bits per heavy atom. The van der Waals surface area contributed by atoms with E-state index in [1.54, 1.807) is 30.2 Å². The van der Waals surface area contributed by atoms with Gasteiger partial charge >= 0.3 is 0 Å². The van der Waals surface area contributed by atoms with Crippen LogP contribution in [0.4, 0.5) is 5.82 Å². The molecular formula is C26H25N7O. The molecule has 0 spiro atoms. The van der Waals surface area contributed by atoms with Crippen molar-refractivity contribution in [1.82, 2.24) is 25.3 Å². The van der Waals surface area contributed by atoms with Crippen LogP contribution < -0.4 is 10.6 Å². The van der Waals surface area contributed by atoms with Gasteiger partial charge in [0.15, 0.2) is 0 Å². The van der Waals surface area contributed by atoms with Gasteiger partial charge in [-0.3, -0.25) is 9.48 Å². The van der Waals surface area contributed by atoms with Crippen LogP contribution in [0.5, 0.6) is 0 Å². The molecule has 0 radical (unpaired) electrons. The SMILES string of the molecule is C[C@@H](CN[C@H](C(=O)Nc1ccc(-c2cn(C)nn2)cn1)c1ccccc1)c1ccc(C#N)cc1. The molecule has 0 saturated heterocycles. The van der Waals surface area contributed by atoms with Gasteiger partial charge in [-0.2, -0.15) is 5.26 Å². The molecule has 0 bridgehead atoms. The Labute approximate surface area is 198 Å². The number of benzene rings is 2. The molecule has 2 atom stereocenters. The molecule has 2 aromatic carbocycles. The number of hydrogen-bond acceptors (Lipinski definition) is 6. The summed E-state index contributed by atoms with van der Waals surface area (Å²) in [7, 11) is 1.80. The summed E-state index contributed by atoms with van der Waals surface area (Å²) in [6, 6.07) is 22.3. The van der Waals surface area contributed by atoms with E-state index in [2.05, 4.69) is 38.9 Å². The molecule has 34 heavy (non-hydrogen) atoms. The van der Waals surface area contributed by atoms with E-state index in [0.29, 0.717) is 23.6 Å². The van der Waals surface area contributed by atoms with E-state index in [9.17, 15) is 4.79 Å². The molecule has 2 heterocycles. The number of carbonyl (C=O) groups excluding carboxylic acids is 1. The molecule has 0 unspecified atom stereocenters. The van der Waals surface area contributed by atoms with Crippen molar-refractivity contribution in [3.05, 3.63) is 95.8 Å². The highest BCUT2D eigenvalue weighted by atomic mass is 16.2. The van der Waals surface area contributed by atoms with Gasteiger partial charge in [0.25, 0.3) is 0 Å². The van der Waals surface area contributed by atoms with Crippen molar-refractivity contribution in [2.24, 2.45) is 7.05 Å². The zero-order chi connectivity index (χ0) is 23.9. The number of carbonyl (C=O) groups is 1. The smallest absolute Gasteiger partial charge is 0.247 e. The minimum atomic E-state index is -0.552. The lowest BCUT2D eigenvalue weighted by Crippen LogP contribution is -2.35. The maximum absolute atomic E-state index is 13.2. The first-order valence-corrected chi connectivity index (χ1v) is 11.0. The van der Waals surface area contributed by atoms with Crippen molar-refractivity contribution in [2.45, 2.75) is 18.9 Å². The van der Waals surface area contributed by atoms with E-state index in [-0.39, 0.29) is 11.8 Å². The lowest BCUT2D eigenvalue weighted by molar-refractivity contribution is -0.118. The Balaban J connectivity index is 1.46. The average Bonchev–Trinajstić information content (AvgIpc) is 3.31. The number of nitriles is 1. The van der Waals surface area contributed by atoms with E-state index in [1.165, 1.54) is 0 Å². The van der Waals surface area contributed by atoms with Crippen molar-refractivity contribution < 1.29 is 4.79 Å². The third kappa shape index (κ3) is 5.52. The largest absolute Gasteiger partial charge is 0.309 e. The molecule has 0 aliphatic heterocycles. The molecule has 4 aromatic rings. The van der Waals surface area contributed by atoms with E-state index in [4.69, 9.17) is 5.26 Å². The van der Waals surface area contributed by atoms with Crippen molar-refractivity contribution in [1.29, 1.82) is 5.26 Å². The van der Waals surface area contributed by atoms with E-state index < -0.39 is 6.04 Å². The highest BCUT2D eigenvalue weighted by Gasteiger charge is 2.22. The molecule has 2 aromatic heterocycles. The molecule has 170 valence electrons. The van der Waals surface area contributed by atoms with Gasteiger partial charge in [-0.05, 0) is 41.3 Å². The summed E-state index contributed by atoms with van der Waals surface area (Å²) in [5.41, 5.74) is 4.13. The van der Waals surface area contributed by atoms with Crippen LogP contribution in [0.15, 0.2) is 79.1 Å². The zero-order valence-corrected chi connectivity index (χ0v) is 19.0. The second-order valence-electron chi connectivity index (χ2n) is 8.09. The third-order valence-electron chi connectivity index (χ3n) is 5.55. The first-order valence-electron chi connectivity index (χ1n) is 11.0. The van der Waals surface area contributed by atoms with Gasteiger partial charge in [-0.15, -0.1) is 5.10 Å². The summed E-state index contributed by atoms with van der Waals surface area (Å²) >= 11 is 0. The average molecular weight is 452 g/mol. The first-order chi connectivity index (χ1) is 16.5. The summed E-state index contributed by atoms with van der Waals surface area (Å²) in [5.74, 6) is 0.412. The van der Waals surface area contributed by atoms with Crippen LogP contribution >= 0.6 is 0 Å². The molecular weight excluding hydrogens is 426 g/mol. The van der Waals surface area contributed by atoms with Gasteiger partial charge in [0.2, 0.25) is 5.91 Å². The van der Waals surface area contributed by atoms with E-state index >= 15 is 0 Å². The molecule has 0 aliphatic rings. The summed E-state index contributed by atoms with van der Waals surface area (Å²) in [6.07, 6.45) is 3.47. The monoisotopic (exact) mass is 451 g/mol. The number of aromatic nitrogens is 4. The number of rotatable bonds is 8. The molecule has 8 nitrogen and oxygen atoms in total. The predicted octanol–water partition coefficient (Wildman–Crippen LogP) is 3.82. The van der Waals surface area contributed by atoms with Gasteiger partial charge in [-0.25, -0.2) is 4.98 Å². The zero-order valence-electron chi connectivity index (χ0n) is 19.0. The van der Waals surface area contributed by atoms with Crippen LogP contribution in [0.1, 0.15) is 35.6 Å². The number of nitrogens with zero attached hydrogens (tertiary/aromatic N) is 5. The Kier molecular flexibility index (Phi) is 7.06. The van der Waals surface area contributed by atoms with Crippen LogP contribution in [-0.4, -0.2) is 32.4 Å². The van der Waals surface area contributed by atoms with Gasteiger partial charge in [-0.1, -0.05) is 54.6 Å². The minimum absolute atomic E-state index is 0.149. The summed E-state index contributed by atoms with van der Waals surface area (Å²) in [5, 5.41) is 23.3. The molecule has 1 amide bonds. The second-order valence-corrected chi connectivity index (χ2v) is 8.09. The standard InChI is InChI=1S/C26H25N7O/c1-18(20-10-8-19(14-27)9-11-20)15-29-25(21-6-4-3-5-7-21)26(34)30-24-13-12-22(16-28-24)23-17-33(2)32-31-23/h3-13,16-18,25,29H,15H2,1-2H3,(H,28,30,34)/t18-,25-/m0/s1. The van der Waals surface area contributed by atoms with Crippen molar-refractivity contribution in [2.75, 3.05) is 11.9 Å². The number of amides is 1. The Morgan fingerprint density at radius 1 is 1.06 bits per heavy atom. The Hall–Kier alpha value is -4.35. The predicted molar refractivity (Wildman–Crippen MR) is 130 cm³/mol. The van der Waals surface area contributed by atoms with Crippen LogP contribution in [-0.2, 0) is 11.8 Å². The van der Waals surface area contributed by atoms with Crippen molar-refractivity contribution in [3.8, 4) is 17.3 Å². The second kappa shape index (κ2) is 10.5. The number of anilines is 1. The number of aryl methyl sites for hydroxylation is 1. The fourth-order valence-corrected chi connectivity index (χ4v) is 3.60. The van der Waals surface area contributed by atoms with Gasteiger partial charge in [0, 0.05) is 25.4 Å². The fraction of sp³-hybridized carbons (Fsp3) is 0.192. The van der Waals surface area contributed by atoms with E-state index in [1.807, 2.05) is 60.7 Å². The van der Waals surface area contributed by atoms with Gasteiger partial charge in [0.1, 0.15) is 17.6 Å². The van der Waals surface area contributed by atoms with Crippen LogP contribution in [0.3, 0.4) is 0 Å². The Bertz CT molecular complexity index is 1280. The summed E-state index contributed by atoms with van der Waals surface area (Å²) in [6.45, 7) is 2.67. The maximum atomic E-state index is 13.2. The normalized spacial score (nSPS) is 12.5. The molecule has 0 aliphatic carbocycles. The summed E-state index contributed by atoms with van der Waals surface area (Å²) < 4.78 is 1.63. The Morgan fingerprint density at radius 3 is 2.44 bits per heavy atom. The third-order valence-corrected chi connectivity index (χ3v) is 5.55. The van der Waals surface area contributed by atoms with Gasteiger partial charge in [0.05, 0.1) is 17.8 Å². The lowest BCUT2D eigenvalue weighted by Gasteiger charge is -2.21. The number of nitrogens with one attached hydrogen (secondary N) is 2. The van der Waals surface area contributed by atoms with Crippen molar-refractivity contribution >= 4 is 11.7 Å². The van der Waals surface area contributed by atoms with Gasteiger partial charge < -0.3 is 10.6 Å². The number of pyridine rings is 1. The molecule has 4 rings (SSSR count). The number of hydrogen-bond donors (Lipinski definition) is 2. The summed E-state index contributed by atoms with van der Waals surface area (Å²) in [4.78, 5) is 17.6. The molecule has 0 saturated carbocycles. The topological polar surface area (TPSA) is 109 Å². The lowest BCUT2D eigenvalue weighted by atomic mass is 9.98. The maximum Gasteiger partial charge on any atom is 0.247 e. The molecule has 0 fully saturated rings. The van der Waals surface area contributed by atoms with Crippen LogP contribution in [0.25, 0.3) is 11.3 Å². The minimum Gasteiger partial charge on any atom is -0.309 e. The first kappa shape index (κ1) is 22.8. The highest BCUT2D eigenvalue weighted by Crippen LogP contribution is 2.21. The fourth-order valence-electron chi connectivity index (χ4n) is 3.60. The van der Waals surface area contributed by atoms with Crippen LogP contribution in [0.2, 0.25) is 0 Å². The highest BCUT2D eigenvalue weighted by molar-refractivity contribution is 5.94. The molecule has 2 N–H and O–H groups in total. The van der Waals surface area contributed by atoms with Crippen LogP contribution in [0, 0.1) is 11.3 Å².